The zero-order chi connectivity index (χ0) is 14.8. The first-order chi connectivity index (χ1) is 10.2. The lowest BCUT2D eigenvalue weighted by atomic mass is 10.2. The standard InChI is InChI=1S/C16H14INO2S/c1-3-20-15-11(17)8-10(9-13(15)19-2)16-18-12-6-4-5-7-14(12)21-16/h4-9H,3H2,1-2H3. The average Bonchev–Trinajstić information content (AvgIpc) is 2.93. The highest BCUT2D eigenvalue weighted by molar-refractivity contribution is 14.1. The summed E-state index contributed by atoms with van der Waals surface area (Å²) in [6.45, 7) is 2.59. The topological polar surface area (TPSA) is 31.4 Å². The molecule has 108 valence electrons. The lowest BCUT2D eigenvalue weighted by molar-refractivity contribution is 0.309. The minimum Gasteiger partial charge on any atom is -0.493 e. The van der Waals surface area contributed by atoms with Gasteiger partial charge in [0.05, 0.1) is 27.5 Å². The fourth-order valence-corrected chi connectivity index (χ4v) is 3.83. The maximum Gasteiger partial charge on any atom is 0.174 e. The van der Waals surface area contributed by atoms with Crippen LogP contribution in [0, 0.1) is 3.57 Å². The third-order valence-corrected chi connectivity index (χ3v) is 4.95. The molecule has 0 aliphatic rings. The predicted octanol–water partition coefficient (Wildman–Crippen LogP) is 4.98. The van der Waals surface area contributed by atoms with E-state index in [0.717, 1.165) is 31.2 Å². The average molecular weight is 411 g/mol. The summed E-state index contributed by atoms with van der Waals surface area (Å²) in [6, 6.07) is 12.2. The van der Waals surface area contributed by atoms with Crippen LogP contribution in [0.15, 0.2) is 36.4 Å². The largest absolute Gasteiger partial charge is 0.493 e. The second-order valence-electron chi connectivity index (χ2n) is 4.41. The summed E-state index contributed by atoms with van der Waals surface area (Å²) in [6.07, 6.45) is 0. The van der Waals surface area contributed by atoms with Crippen molar-refractivity contribution in [3.8, 4) is 22.1 Å². The van der Waals surface area contributed by atoms with E-state index in [2.05, 4.69) is 34.7 Å². The smallest absolute Gasteiger partial charge is 0.174 e. The Balaban J connectivity index is 2.11. The third kappa shape index (κ3) is 2.85. The molecular formula is C16H14INO2S. The minimum absolute atomic E-state index is 0.618. The Morgan fingerprint density at radius 1 is 1.24 bits per heavy atom. The van der Waals surface area contributed by atoms with Gasteiger partial charge in [0.2, 0.25) is 0 Å². The quantitative estimate of drug-likeness (QED) is 0.568. The number of benzene rings is 2. The second-order valence-corrected chi connectivity index (χ2v) is 6.60. The van der Waals surface area contributed by atoms with Crippen molar-refractivity contribution in [3.63, 3.8) is 0 Å². The third-order valence-electron chi connectivity index (χ3n) is 3.06. The van der Waals surface area contributed by atoms with E-state index < -0.39 is 0 Å². The molecule has 2 aromatic carbocycles. The van der Waals surface area contributed by atoms with E-state index in [9.17, 15) is 0 Å². The number of ether oxygens (including phenoxy) is 2. The van der Waals surface area contributed by atoms with Gasteiger partial charge < -0.3 is 9.47 Å². The maximum atomic E-state index is 5.66. The molecule has 0 atom stereocenters. The van der Waals surface area contributed by atoms with Crippen LogP contribution in [-0.2, 0) is 0 Å². The lowest BCUT2D eigenvalue weighted by Gasteiger charge is -2.12. The Morgan fingerprint density at radius 3 is 2.76 bits per heavy atom. The van der Waals surface area contributed by atoms with Crippen LogP contribution in [0.25, 0.3) is 20.8 Å². The van der Waals surface area contributed by atoms with Crippen LogP contribution in [-0.4, -0.2) is 18.7 Å². The summed E-state index contributed by atoms with van der Waals surface area (Å²) in [5.41, 5.74) is 2.08. The summed E-state index contributed by atoms with van der Waals surface area (Å²) in [4.78, 5) is 4.69. The lowest BCUT2D eigenvalue weighted by Crippen LogP contribution is -1.98. The Kier molecular flexibility index (Phi) is 4.30. The predicted molar refractivity (Wildman–Crippen MR) is 95.5 cm³/mol. The van der Waals surface area contributed by atoms with Crippen molar-refractivity contribution in [2.24, 2.45) is 0 Å². The van der Waals surface area contributed by atoms with Crippen molar-refractivity contribution in [2.75, 3.05) is 13.7 Å². The SMILES string of the molecule is CCOc1c(I)cc(-c2nc3ccccc3s2)cc1OC. The van der Waals surface area contributed by atoms with E-state index in [4.69, 9.17) is 14.5 Å². The summed E-state index contributed by atoms with van der Waals surface area (Å²) in [5.74, 6) is 1.54. The molecule has 1 heterocycles. The molecule has 0 saturated heterocycles. The van der Waals surface area contributed by atoms with Gasteiger partial charge in [-0.25, -0.2) is 4.98 Å². The Labute approximate surface area is 141 Å². The van der Waals surface area contributed by atoms with E-state index in [-0.39, 0.29) is 0 Å². The summed E-state index contributed by atoms with van der Waals surface area (Å²) in [5, 5.41) is 0.996. The van der Waals surface area contributed by atoms with Crippen LogP contribution in [0.5, 0.6) is 11.5 Å². The molecule has 21 heavy (non-hydrogen) atoms. The molecule has 3 nitrogen and oxygen atoms in total. The van der Waals surface area contributed by atoms with Crippen LogP contribution < -0.4 is 9.47 Å². The fraction of sp³-hybridized carbons (Fsp3) is 0.188. The van der Waals surface area contributed by atoms with Crippen molar-refractivity contribution in [1.29, 1.82) is 0 Å². The van der Waals surface area contributed by atoms with Crippen molar-refractivity contribution >= 4 is 44.1 Å². The van der Waals surface area contributed by atoms with Crippen molar-refractivity contribution in [1.82, 2.24) is 4.98 Å². The van der Waals surface area contributed by atoms with Crippen molar-refractivity contribution < 1.29 is 9.47 Å². The molecule has 0 N–H and O–H groups in total. The van der Waals surface area contributed by atoms with Gasteiger partial charge in [0, 0.05) is 5.56 Å². The normalized spacial score (nSPS) is 10.8. The van der Waals surface area contributed by atoms with Crippen LogP contribution in [0.2, 0.25) is 0 Å². The highest BCUT2D eigenvalue weighted by Gasteiger charge is 2.14. The Bertz CT molecular complexity index is 752. The Morgan fingerprint density at radius 2 is 2.05 bits per heavy atom. The first kappa shape index (κ1) is 14.6. The van der Waals surface area contributed by atoms with E-state index in [1.807, 2.05) is 31.2 Å². The molecule has 0 aliphatic heterocycles. The van der Waals surface area contributed by atoms with Gasteiger partial charge in [0.1, 0.15) is 5.01 Å². The molecular weight excluding hydrogens is 397 g/mol. The summed E-state index contributed by atoms with van der Waals surface area (Å²) < 4.78 is 13.3. The number of thiazole rings is 1. The van der Waals surface area contributed by atoms with E-state index in [1.54, 1.807) is 18.4 Å². The molecule has 0 radical (unpaired) electrons. The van der Waals surface area contributed by atoms with Crippen LogP contribution in [0.4, 0.5) is 0 Å². The van der Waals surface area contributed by atoms with Gasteiger partial charge in [-0.2, -0.15) is 0 Å². The van der Waals surface area contributed by atoms with Gasteiger partial charge in [-0.1, -0.05) is 12.1 Å². The first-order valence-corrected chi connectivity index (χ1v) is 8.48. The van der Waals surface area contributed by atoms with Gasteiger partial charge in [-0.3, -0.25) is 0 Å². The van der Waals surface area contributed by atoms with Gasteiger partial charge >= 0.3 is 0 Å². The molecule has 5 heteroatoms. The molecule has 0 saturated carbocycles. The minimum atomic E-state index is 0.618. The van der Waals surface area contributed by atoms with Gasteiger partial charge in [0.25, 0.3) is 0 Å². The Hall–Kier alpha value is -1.34. The number of hydrogen-bond donors (Lipinski definition) is 0. The monoisotopic (exact) mass is 411 g/mol. The number of para-hydroxylation sites is 1. The molecule has 1 aromatic heterocycles. The molecule has 0 aliphatic carbocycles. The molecule has 3 rings (SSSR count). The number of halogens is 1. The van der Waals surface area contributed by atoms with Gasteiger partial charge in [-0.15, -0.1) is 11.3 Å². The number of aromatic nitrogens is 1. The zero-order valence-electron chi connectivity index (χ0n) is 11.7. The van der Waals surface area contributed by atoms with Crippen molar-refractivity contribution in [2.45, 2.75) is 6.92 Å². The molecule has 0 amide bonds. The number of fused-ring (bicyclic) bond motifs is 1. The first-order valence-electron chi connectivity index (χ1n) is 6.59. The fourth-order valence-electron chi connectivity index (χ4n) is 2.12. The molecule has 0 unspecified atom stereocenters. The number of methoxy groups -OCH3 is 1. The van der Waals surface area contributed by atoms with E-state index >= 15 is 0 Å². The van der Waals surface area contributed by atoms with E-state index in [0.29, 0.717) is 6.61 Å². The van der Waals surface area contributed by atoms with Gasteiger partial charge in [0.15, 0.2) is 11.5 Å². The molecule has 0 fully saturated rings. The number of nitrogens with zero attached hydrogens (tertiary/aromatic N) is 1. The molecule has 0 spiro atoms. The van der Waals surface area contributed by atoms with Crippen LogP contribution in [0.3, 0.4) is 0 Å². The highest BCUT2D eigenvalue weighted by atomic mass is 127. The second kappa shape index (κ2) is 6.19. The van der Waals surface area contributed by atoms with Gasteiger partial charge in [-0.05, 0) is 53.8 Å². The summed E-state index contributed by atoms with van der Waals surface area (Å²) >= 11 is 3.96. The molecule has 3 aromatic rings. The number of hydrogen-bond acceptors (Lipinski definition) is 4. The zero-order valence-corrected chi connectivity index (χ0v) is 14.7. The summed E-state index contributed by atoms with van der Waals surface area (Å²) in [7, 11) is 1.66. The number of rotatable bonds is 4. The van der Waals surface area contributed by atoms with Crippen molar-refractivity contribution in [3.05, 3.63) is 40.0 Å². The molecule has 0 bridgehead atoms. The highest BCUT2D eigenvalue weighted by Crippen LogP contribution is 2.39. The maximum absolute atomic E-state index is 5.66. The van der Waals surface area contributed by atoms with Crippen LogP contribution in [0.1, 0.15) is 6.92 Å². The van der Waals surface area contributed by atoms with E-state index in [1.165, 1.54) is 4.70 Å². The van der Waals surface area contributed by atoms with Crippen LogP contribution >= 0.6 is 33.9 Å².